The van der Waals surface area contributed by atoms with Crippen molar-refractivity contribution in [2.24, 2.45) is 0 Å². The van der Waals surface area contributed by atoms with Crippen LogP contribution in [-0.2, 0) is 19.6 Å². The van der Waals surface area contributed by atoms with E-state index < -0.39 is 5.97 Å². The maximum absolute atomic E-state index is 13.5. The van der Waals surface area contributed by atoms with Gasteiger partial charge in [-0.25, -0.2) is 9.78 Å². The highest BCUT2D eigenvalue weighted by atomic mass is 16.5. The van der Waals surface area contributed by atoms with Gasteiger partial charge in [0.1, 0.15) is 5.69 Å². The Labute approximate surface area is 219 Å². The quantitative estimate of drug-likeness (QED) is 0.498. The number of rotatable bonds is 7. The summed E-state index contributed by atoms with van der Waals surface area (Å²) in [6, 6.07) is 12.6. The summed E-state index contributed by atoms with van der Waals surface area (Å²) in [4.78, 5) is 44.9. The van der Waals surface area contributed by atoms with E-state index in [1.807, 2.05) is 36.4 Å². The highest BCUT2D eigenvalue weighted by molar-refractivity contribution is 6.10. The van der Waals surface area contributed by atoms with Gasteiger partial charge in [-0.2, -0.15) is 0 Å². The number of carboxylic acids is 1. The molecule has 3 heterocycles. The number of ether oxygens (including phenoxy) is 2. The van der Waals surface area contributed by atoms with Crippen molar-refractivity contribution in [1.29, 1.82) is 0 Å². The summed E-state index contributed by atoms with van der Waals surface area (Å²) in [5.74, 6) is -0.227. The van der Waals surface area contributed by atoms with Crippen LogP contribution >= 0.6 is 0 Å². The molecule has 1 saturated carbocycles. The molecule has 0 unspecified atom stereocenters. The Kier molecular flexibility index (Phi) is 5.98. The molecule has 9 heteroatoms. The molecule has 6 rings (SSSR count). The minimum absolute atomic E-state index is 0.106. The van der Waals surface area contributed by atoms with Gasteiger partial charge in [-0.1, -0.05) is 12.1 Å². The number of benzene rings is 2. The molecule has 1 N–H and O–H groups in total. The minimum Gasteiger partial charge on any atom is -0.493 e. The SMILES string of the molecule is COc1ccc(N2Cc3ccc(CN4Cc5cnc(C(=O)O)cc5C4=O)cc3C2=O)cc1OC1CCCC1. The van der Waals surface area contributed by atoms with Gasteiger partial charge in [0.2, 0.25) is 0 Å². The molecule has 2 aromatic carbocycles. The molecule has 0 bridgehead atoms. The summed E-state index contributed by atoms with van der Waals surface area (Å²) in [7, 11) is 1.61. The van der Waals surface area contributed by atoms with E-state index in [1.54, 1.807) is 16.9 Å². The van der Waals surface area contributed by atoms with Gasteiger partial charge < -0.3 is 24.4 Å². The van der Waals surface area contributed by atoms with Gasteiger partial charge in [0.25, 0.3) is 11.8 Å². The number of carbonyl (C=O) groups excluding carboxylic acids is 2. The molecule has 9 nitrogen and oxygen atoms in total. The molecule has 3 aliphatic rings. The van der Waals surface area contributed by atoms with Crippen LogP contribution in [0.1, 0.15) is 73.6 Å². The Balaban J connectivity index is 1.20. The maximum atomic E-state index is 13.5. The number of hydrogen-bond acceptors (Lipinski definition) is 6. The van der Waals surface area contributed by atoms with Crippen molar-refractivity contribution in [2.45, 2.75) is 51.4 Å². The number of fused-ring (bicyclic) bond motifs is 2. The molecular formula is C29H27N3O6. The Hall–Kier alpha value is -4.40. The van der Waals surface area contributed by atoms with E-state index in [4.69, 9.17) is 9.47 Å². The summed E-state index contributed by atoms with van der Waals surface area (Å²) in [6.45, 7) is 1.09. The first-order valence-corrected chi connectivity index (χ1v) is 12.7. The van der Waals surface area contributed by atoms with Crippen LogP contribution in [0.25, 0.3) is 0 Å². The lowest BCUT2D eigenvalue weighted by Crippen LogP contribution is -2.24. The van der Waals surface area contributed by atoms with Gasteiger partial charge in [-0.3, -0.25) is 9.59 Å². The topological polar surface area (TPSA) is 109 Å². The zero-order valence-electron chi connectivity index (χ0n) is 21.0. The van der Waals surface area contributed by atoms with E-state index in [2.05, 4.69) is 4.98 Å². The number of amides is 2. The van der Waals surface area contributed by atoms with Gasteiger partial charge in [0.05, 0.1) is 19.8 Å². The predicted molar refractivity (Wildman–Crippen MR) is 138 cm³/mol. The summed E-state index contributed by atoms with van der Waals surface area (Å²) >= 11 is 0. The third-order valence-electron chi connectivity index (χ3n) is 7.49. The summed E-state index contributed by atoms with van der Waals surface area (Å²) in [5, 5.41) is 9.19. The van der Waals surface area contributed by atoms with Crippen molar-refractivity contribution in [3.05, 3.63) is 82.2 Å². The second-order valence-electron chi connectivity index (χ2n) is 9.94. The number of aromatic nitrogens is 1. The molecule has 0 saturated heterocycles. The molecule has 1 fully saturated rings. The first kappa shape index (κ1) is 24.0. The minimum atomic E-state index is -1.17. The van der Waals surface area contributed by atoms with Crippen LogP contribution in [0.3, 0.4) is 0 Å². The van der Waals surface area contributed by atoms with Crippen molar-refractivity contribution in [3.63, 3.8) is 0 Å². The fourth-order valence-electron chi connectivity index (χ4n) is 5.49. The third-order valence-corrected chi connectivity index (χ3v) is 7.49. The van der Waals surface area contributed by atoms with Gasteiger partial charge in [0, 0.05) is 47.7 Å². The Morgan fingerprint density at radius 1 is 0.974 bits per heavy atom. The van der Waals surface area contributed by atoms with Crippen LogP contribution in [0.4, 0.5) is 5.69 Å². The number of carbonyl (C=O) groups is 3. The number of aromatic carboxylic acids is 1. The van der Waals surface area contributed by atoms with E-state index >= 15 is 0 Å². The van der Waals surface area contributed by atoms with Gasteiger partial charge in [0.15, 0.2) is 11.5 Å². The normalized spacial score (nSPS) is 16.7. The molecule has 194 valence electrons. The van der Waals surface area contributed by atoms with Gasteiger partial charge in [-0.05, 0) is 61.1 Å². The van der Waals surface area contributed by atoms with Crippen LogP contribution in [0.5, 0.6) is 11.5 Å². The van der Waals surface area contributed by atoms with Gasteiger partial charge >= 0.3 is 5.97 Å². The molecule has 3 aromatic rings. The second kappa shape index (κ2) is 9.48. The summed E-state index contributed by atoms with van der Waals surface area (Å²) < 4.78 is 11.7. The zero-order valence-corrected chi connectivity index (χ0v) is 21.0. The van der Waals surface area contributed by atoms with Crippen LogP contribution in [0.2, 0.25) is 0 Å². The van der Waals surface area contributed by atoms with Crippen molar-refractivity contribution < 1.29 is 29.0 Å². The number of nitrogens with zero attached hydrogens (tertiary/aromatic N) is 3. The van der Waals surface area contributed by atoms with Crippen LogP contribution in [-0.4, -0.2) is 46.0 Å². The van der Waals surface area contributed by atoms with E-state index in [9.17, 15) is 19.5 Å². The monoisotopic (exact) mass is 513 g/mol. The Morgan fingerprint density at radius 3 is 2.53 bits per heavy atom. The predicted octanol–water partition coefficient (Wildman–Crippen LogP) is 4.43. The Bertz CT molecular complexity index is 1460. The molecule has 2 amide bonds. The lowest BCUT2D eigenvalue weighted by Gasteiger charge is -2.20. The lowest BCUT2D eigenvalue weighted by atomic mass is 10.1. The molecular weight excluding hydrogens is 486 g/mol. The molecule has 1 aliphatic carbocycles. The largest absolute Gasteiger partial charge is 0.493 e. The highest BCUT2D eigenvalue weighted by Gasteiger charge is 2.32. The molecule has 0 spiro atoms. The van der Waals surface area contributed by atoms with Crippen LogP contribution in [0, 0.1) is 0 Å². The second-order valence-corrected chi connectivity index (χ2v) is 9.94. The van der Waals surface area contributed by atoms with Crippen molar-refractivity contribution in [2.75, 3.05) is 12.0 Å². The number of methoxy groups -OCH3 is 1. The molecule has 0 radical (unpaired) electrons. The smallest absolute Gasteiger partial charge is 0.354 e. The van der Waals surface area contributed by atoms with Crippen molar-refractivity contribution in [1.82, 2.24) is 9.88 Å². The van der Waals surface area contributed by atoms with E-state index in [-0.39, 0.29) is 23.6 Å². The van der Waals surface area contributed by atoms with Gasteiger partial charge in [-0.15, -0.1) is 0 Å². The number of carboxylic acid groups (broad SMARTS) is 1. The summed E-state index contributed by atoms with van der Waals surface area (Å²) in [6.07, 6.45) is 5.96. The lowest BCUT2D eigenvalue weighted by molar-refractivity contribution is 0.0690. The average molecular weight is 514 g/mol. The average Bonchev–Trinajstić information content (AvgIpc) is 3.63. The summed E-state index contributed by atoms with van der Waals surface area (Å²) in [5.41, 5.74) is 3.99. The van der Waals surface area contributed by atoms with E-state index in [0.29, 0.717) is 47.8 Å². The van der Waals surface area contributed by atoms with Crippen molar-refractivity contribution >= 4 is 23.5 Å². The fraction of sp³-hybridized carbons (Fsp3) is 0.310. The van der Waals surface area contributed by atoms with E-state index in [1.165, 1.54) is 12.3 Å². The first-order chi connectivity index (χ1) is 18.4. The van der Waals surface area contributed by atoms with Crippen LogP contribution < -0.4 is 14.4 Å². The Morgan fingerprint density at radius 2 is 1.76 bits per heavy atom. The maximum Gasteiger partial charge on any atom is 0.354 e. The standard InChI is InChI=1S/C29H27N3O6/c1-37-25-9-8-20(11-26(25)38-21-4-2-3-5-21)32-16-18-7-6-17(10-22(18)28(32)34)14-31-15-19-13-30-24(29(35)36)12-23(19)27(31)33/h6-13,21H,2-5,14-16H2,1H3,(H,35,36). The fourth-order valence-corrected chi connectivity index (χ4v) is 5.49. The number of pyridine rings is 1. The molecule has 1 aromatic heterocycles. The number of anilines is 1. The first-order valence-electron chi connectivity index (χ1n) is 12.7. The molecule has 2 aliphatic heterocycles. The van der Waals surface area contributed by atoms with E-state index in [0.717, 1.165) is 42.5 Å². The molecule has 38 heavy (non-hydrogen) atoms. The molecule has 0 atom stereocenters. The van der Waals surface area contributed by atoms with Crippen LogP contribution in [0.15, 0.2) is 48.7 Å². The van der Waals surface area contributed by atoms with Crippen molar-refractivity contribution in [3.8, 4) is 11.5 Å². The third kappa shape index (κ3) is 4.23. The zero-order chi connectivity index (χ0) is 26.4. The highest BCUT2D eigenvalue weighted by Crippen LogP contribution is 2.38. The number of hydrogen-bond donors (Lipinski definition) is 1.